The average Bonchev–Trinajstić information content (AvgIpc) is 2.54. The lowest BCUT2D eigenvalue weighted by molar-refractivity contribution is -0.142. The Morgan fingerprint density at radius 3 is 2.09 bits per heavy atom. The molecule has 22 heavy (non-hydrogen) atoms. The number of hydrogen-bond acceptors (Lipinski definition) is 2. The Kier molecular flexibility index (Phi) is 7.30. The Bertz CT molecular complexity index is 473. The van der Waals surface area contributed by atoms with E-state index in [0.717, 1.165) is 43.2 Å². The molecule has 0 unspecified atom stereocenters. The fraction of sp³-hybridized carbons (Fsp3) is 0.579. The van der Waals surface area contributed by atoms with Crippen molar-refractivity contribution in [1.29, 1.82) is 5.41 Å². The van der Waals surface area contributed by atoms with Crippen molar-refractivity contribution in [3.8, 4) is 0 Å². The van der Waals surface area contributed by atoms with E-state index in [-0.39, 0.29) is 11.3 Å². The summed E-state index contributed by atoms with van der Waals surface area (Å²) in [5, 5.41) is 7.23. The van der Waals surface area contributed by atoms with E-state index in [0.29, 0.717) is 6.54 Å². The van der Waals surface area contributed by atoms with Gasteiger partial charge in [-0.1, -0.05) is 57.9 Å². The number of rotatable bonds is 9. The van der Waals surface area contributed by atoms with E-state index in [1.807, 2.05) is 36.2 Å². The Morgan fingerprint density at radius 1 is 1.14 bits per heavy atom. The first-order valence-corrected chi connectivity index (χ1v) is 8.38. The van der Waals surface area contributed by atoms with Crippen molar-refractivity contribution >= 4 is 12.1 Å². The van der Waals surface area contributed by atoms with Gasteiger partial charge in [-0.2, -0.15) is 0 Å². The van der Waals surface area contributed by atoms with Crippen LogP contribution in [0.5, 0.6) is 0 Å². The molecule has 0 aromatic heterocycles. The minimum atomic E-state index is -0.201. The van der Waals surface area contributed by atoms with Gasteiger partial charge in [0.05, 0.1) is 0 Å². The maximum Gasteiger partial charge on any atom is 0.228 e. The molecule has 1 amide bonds. The molecule has 3 nitrogen and oxygen atoms in total. The van der Waals surface area contributed by atoms with Crippen molar-refractivity contribution in [1.82, 2.24) is 4.90 Å². The normalized spacial score (nSPS) is 11.3. The third-order valence-corrected chi connectivity index (χ3v) is 4.50. The number of hydrogen-bond donors (Lipinski definition) is 1. The zero-order valence-electron chi connectivity index (χ0n) is 14.5. The van der Waals surface area contributed by atoms with Gasteiger partial charge in [-0.15, -0.1) is 0 Å². The van der Waals surface area contributed by atoms with Crippen LogP contribution < -0.4 is 0 Å². The van der Waals surface area contributed by atoms with Crippen LogP contribution in [0.1, 0.15) is 64.0 Å². The van der Waals surface area contributed by atoms with E-state index >= 15 is 0 Å². The van der Waals surface area contributed by atoms with Crippen molar-refractivity contribution in [2.45, 2.75) is 59.4 Å². The summed E-state index contributed by atoms with van der Waals surface area (Å²) < 4.78 is 0. The zero-order chi connectivity index (χ0) is 16.6. The molecule has 0 bridgehead atoms. The fourth-order valence-electron chi connectivity index (χ4n) is 3.27. The summed E-state index contributed by atoms with van der Waals surface area (Å²) in [7, 11) is 1.91. The second-order valence-electron chi connectivity index (χ2n) is 6.18. The SMILES string of the molecule is CCCC(CC)(CCC)C(=O)N(C)Cc1ccc(C=N)cc1. The largest absolute Gasteiger partial charge is 0.341 e. The maximum atomic E-state index is 13.0. The van der Waals surface area contributed by atoms with Crippen molar-refractivity contribution in [3.05, 3.63) is 35.4 Å². The van der Waals surface area contributed by atoms with Gasteiger partial charge in [-0.05, 0) is 30.4 Å². The fourth-order valence-corrected chi connectivity index (χ4v) is 3.27. The molecule has 0 atom stereocenters. The predicted octanol–water partition coefficient (Wildman–Crippen LogP) is 4.64. The molecule has 0 aliphatic rings. The molecular formula is C19H30N2O. The van der Waals surface area contributed by atoms with Gasteiger partial charge < -0.3 is 10.3 Å². The van der Waals surface area contributed by atoms with Crippen LogP contribution in [0.15, 0.2) is 24.3 Å². The Hall–Kier alpha value is -1.64. The number of nitrogens with one attached hydrogen (secondary N) is 1. The third-order valence-electron chi connectivity index (χ3n) is 4.50. The van der Waals surface area contributed by atoms with Gasteiger partial charge in [-0.25, -0.2) is 0 Å². The van der Waals surface area contributed by atoms with Crippen LogP contribution in [0, 0.1) is 10.8 Å². The van der Waals surface area contributed by atoms with E-state index in [1.165, 1.54) is 6.21 Å². The molecule has 1 N–H and O–H groups in total. The van der Waals surface area contributed by atoms with Crippen molar-refractivity contribution in [3.63, 3.8) is 0 Å². The molecule has 0 aliphatic heterocycles. The highest BCUT2D eigenvalue weighted by Gasteiger charge is 2.36. The lowest BCUT2D eigenvalue weighted by Gasteiger charge is -2.35. The lowest BCUT2D eigenvalue weighted by Crippen LogP contribution is -2.41. The molecule has 1 aromatic rings. The highest BCUT2D eigenvalue weighted by atomic mass is 16.2. The molecule has 0 saturated heterocycles. The van der Waals surface area contributed by atoms with Gasteiger partial charge in [0, 0.05) is 25.2 Å². The van der Waals surface area contributed by atoms with Gasteiger partial charge in [0.15, 0.2) is 0 Å². The van der Waals surface area contributed by atoms with E-state index in [4.69, 9.17) is 5.41 Å². The van der Waals surface area contributed by atoms with Crippen LogP contribution in [-0.4, -0.2) is 24.1 Å². The van der Waals surface area contributed by atoms with Crippen LogP contribution in [0.4, 0.5) is 0 Å². The first-order valence-electron chi connectivity index (χ1n) is 8.38. The third kappa shape index (κ3) is 4.43. The Morgan fingerprint density at radius 2 is 1.68 bits per heavy atom. The molecule has 1 rings (SSSR count). The van der Waals surface area contributed by atoms with Crippen LogP contribution in [0.2, 0.25) is 0 Å². The standard InChI is InChI=1S/C19H30N2O/c1-5-12-19(7-3,13-6-2)18(22)21(4)15-17-10-8-16(14-20)9-11-17/h8-11,14,20H,5-7,12-13,15H2,1-4H3. The van der Waals surface area contributed by atoms with Gasteiger partial charge >= 0.3 is 0 Å². The van der Waals surface area contributed by atoms with Crippen LogP contribution >= 0.6 is 0 Å². The second kappa shape index (κ2) is 8.72. The minimum Gasteiger partial charge on any atom is -0.341 e. The number of benzene rings is 1. The highest BCUT2D eigenvalue weighted by molar-refractivity contribution is 5.82. The smallest absolute Gasteiger partial charge is 0.228 e. The Labute approximate surface area is 135 Å². The van der Waals surface area contributed by atoms with Gasteiger partial charge in [-0.3, -0.25) is 4.79 Å². The van der Waals surface area contributed by atoms with E-state index < -0.39 is 0 Å². The monoisotopic (exact) mass is 302 g/mol. The van der Waals surface area contributed by atoms with Gasteiger partial charge in [0.2, 0.25) is 5.91 Å². The van der Waals surface area contributed by atoms with E-state index in [9.17, 15) is 4.79 Å². The van der Waals surface area contributed by atoms with Crippen molar-refractivity contribution in [2.75, 3.05) is 7.05 Å². The molecule has 122 valence electrons. The zero-order valence-corrected chi connectivity index (χ0v) is 14.5. The number of carbonyl (C=O) groups is 1. The number of amides is 1. The minimum absolute atomic E-state index is 0.201. The molecule has 0 radical (unpaired) electrons. The summed E-state index contributed by atoms with van der Waals surface area (Å²) in [4.78, 5) is 14.9. The van der Waals surface area contributed by atoms with E-state index in [2.05, 4.69) is 20.8 Å². The quantitative estimate of drug-likeness (QED) is 0.664. The average molecular weight is 302 g/mol. The second-order valence-corrected chi connectivity index (χ2v) is 6.18. The summed E-state index contributed by atoms with van der Waals surface area (Å²) in [6, 6.07) is 7.84. The number of carbonyl (C=O) groups excluding carboxylic acids is 1. The topological polar surface area (TPSA) is 44.2 Å². The molecule has 0 heterocycles. The van der Waals surface area contributed by atoms with Gasteiger partial charge in [0.25, 0.3) is 0 Å². The molecule has 0 saturated carbocycles. The highest BCUT2D eigenvalue weighted by Crippen LogP contribution is 2.35. The molecule has 0 aliphatic carbocycles. The number of nitrogens with zero attached hydrogens (tertiary/aromatic N) is 1. The first kappa shape index (κ1) is 18.4. The lowest BCUT2D eigenvalue weighted by atomic mass is 9.75. The Balaban J connectivity index is 2.85. The molecular weight excluding hydrogens is 272 g/mol. The van der Waals surface area contributed by atoms with E-state index in [1.54, 1.807) is 0 Å². The van der Waals surface area contributed by atoms with Crippen LogP contribution in [0.3, 0.4) is 0 Å². The molecule has 3 heteroatoms. The van der Waals surface area contributed by atoms with Crippen molar-refractivity contribution < 1.29 is 4.79 Å². The van der Waals surface area contributed by atoms with Crippen LogP contribution in [-0.2, 0) is 11.3 Å². The molecule has 1 aromatic carbocycles. The van der Waals surface area contributed by atoms with Crippen LogP contribution in [0.25, 0.3) is 0 Å². The summed E-state index contributed by atoms with van der Waals surface area (Å²) in [5.41, 5.74) is 1.80. The summed E-state index contributed by atoms with van der Waals surface area (Å²) in [6.07, 6.45) is 6.26. The predicted molar refractivity (Wildman–Crippen MR) is 93.3 cm³/mol. The van der Waals surface area contributed by atoms with Gasteiger partial charge in [0.1, 0.15) is 0 Å². The molecule has 0 fully saturated rings. The van der Waals surface area contributed by atoms with Crippen molar-refractivity contribution in [2.24, 2.45) is 5.41 Å². The first-order chi connectivity index (χ1) is 10.5. The molecule has 0 spiro atoms. The summed E-state index contributed by atoms with van der Waals surface area (Å²) >= 11 is 0. The summed E-state index contributed by atoms with van der Waals surface area (Å²) in [5.74, 6) is 0.273. The summed E-state index contributed by atoms with van der Waals surface area (Å²) in [6.45, 7) is 7.08. The maximum absolute atomic E-state index is 13.0.